The summed E-state index contributed by atoms with van der Waals surface area (Å²) in [4.78, 5) is 24.4. The van der Waals surface area contributed by atoms with E-state index < -0.39 is 11.4 Å². The summed E-state index contributed by atoms with van der Waals surface area (Å²) in [6.07, 6.45) is 12.1. The fraction of sp³-hybridized carbons (Fsp3) is 0.944. The van der Waals surface area contributed by atoms with Crippen molar-refractivity contribution in [1.82, 2.24) is 0 Å². The van der Waals surface area contributed by atoms with E-state index in [-0.39, 0.29) is 41.3 Å². The van der Waals surface area contributed by atoms with E-state index in [0.29, 0.717) is 34.5 Å². The maximum atomic E-state index is 13.1. The Kier molecular flexibility index (Phi) is 7.61. The fourth-order valence-electron chi connectivity index (χ4n) is 12.7. The molecule has 0 aliphatic heterocycles. The van der Waals surface area contributed by atoms with Gasteiger partial charge in [-0.25, -0.2) is 0 Å². The maximum Gasteiger partial charge on any atom is 0.306 e. The molecule has 0 heterocycles. The van der Waals surface area contributed by atoms with E-state index in [0.717, 1.165) is 24.7 Å². The van der Waals surface area contributed by atoms with Crippen LogP contribution in [0.1, 0.15) is 139 Å². The van der Waals surface area contributed by atoms with Crippen molar-refractivity contribution < 1.29 is 19.4 Å². The molecular formula is C36H61NO4. The number of hydrogen-bond acceptors (Lipinski definition) is 4. The van der Waals surface area contributed by atoms with Gasteiger partial charge in [-0.15, -0.1) is 0 Å². The lowest BCUT2D eigenvalue weighted by atomic mass is 9.32. The second-order valence-corrected chi connectivity index (χ2v) is 18.1. The smallest absolute Gasteiger partial charge is 0.306 e. The number of aliphatic carboxylic acids is 1. The zero-order valence-electron chi connectivity index (χ0n) is 27.8. The number of nitrogens with two attached hydrogens (primary N) is 1. The van der Waals surface area contributed by atoms with Gasteiger partial charge in [0.1, 0.15) is 6.10 Å². The number of ether oxygens (including phenoxy) is 1. The standard InChI is InChI=1S/C36H61NO4/c1-22(2)23-12-17-36(37)19-18-34(8)24(30(23)36)10-11-26-33(7)15-14-27(32(5,6)25(33)13-16-35(26,34)9)41-29(40)21-31(3,4)20-28(38)39/h22-27,30H,10-21,37H2,1-9H3,(H,38,39)/t23-,24+,25-,26+,27-,30+,33-,34+,35+,36-/m0/s1. The molecule has 234 valence electrons. The second-order valence-electron chi connectivity index (χ2n) is 18.1. The van der Waals surface area contributed by atoms with Crippen LogP contribution in [0.4, 0.5) is 0 Å². The third kappa shape index (κ3) is 4.72. The normalized spacial score (nSPS) is 47.1. The van der Waals surface area contributed by atoms with Crippen LogP contribution in [0.3, 0.4) is 0 Å². The lowest BCUT2D eigenvalue weighted by Crippen LogP contribution is -2.68. The minimum absolute atomic E-state index is 0.0269. The molecule has 0 bridgehead atoms. The largest absolute Gasteiger partial charge is 0.481 e. The zero-order chi connectivity index (χ0) is 30.4. The van der Waals surface area contributed by atoms with Crippen molar-refractivity contribution in [2.45, 2.75) is 151 Å². The molecule has 3 N–H and O–H groups in total. The molecule has 0 saturated heterocycles. The summed E-state index contributed by atoms with van der Waals surface area (Å²) >= 11 is 0. The van der Waals surface area contributed by atoms with Gasteiger partial charge in [0.05, 0.1) is 12.8 Å². The number of carbonyl (C=O) groups excluding carboxylic acids is 1. The van der Waals surface area contributed by atoms with Gasteiger partial charge in [-0.1, -0.05) is 62.3 Å². The Hall–Kier alpha value is -1.10. The first-order valence-corrected chi connectivity index (χ1v) is 17.0. The average molecular weight is 572 g/mol. The molecule has 0 aromatic carbocycles. The predicted molar refractivity (Wildman–Crippen MR) is 164 cm³/mol. The van der Waals surface area contributed by atoms with E-state index in [2.05, 4.69) is 48.5 Å². The first kappa shape index (κ1) is 31.3. The Balaban J connectivity index is 1.37. The first-order chi connectivity index (χ1) is 18.8. The molecule has 0 amide bonds. The van der Waals surface area contributed by atoms with E-state index in [4.69, 9.17) is 10.5 Å². The van der Waals surface area contributed by atoms with Crippen LogP contribution >= 0.6 is 0 Å². The number of hydrogen-bond donors (Lipinski definition) is 2. The van der Waals surface area contributed by atoms with Gasteiger partial charge in [0.15, 0.2) is 0 Å². The molecule has 5 aliphatic carbocycles. The molecule has 5 heteroatoms. The number of fused-ring (bicyclic) bond motifs is 7. The van der Waals surface area contributed by atoms with Gasteiger partial charge < -0.3 is 15.6 Å². The van der Waals surface area contributed by atoms with Crippen molar-refractivity contribution in [1.29, 1.82) is 0 Å². The summed E-state index contributed by atoms with van der Waals surface area (Å²) in [5.41, 5.74) is 7.50. The topological polar surface area (TPSA) is 89.6 Å². The number of esters is 1. The highest BCUT2D eigenvalue weighted by molar-refractivity contribution is 5.73. The molecule has 5 rings (SSSR count). The van der Waals surface area contributed by atoms with Gasteiger partial charge in [-0.2, -0.15) is 0 Å². The SMILES string of the molecule is CC(C)[C@@H]1CC[C@]2(N)CC[C@]3(C)[C@H](CC[C@@H]4[C@@]5(C)CC[C@H](OC(=O)CC(C)(C)CC(=O)O)C(C)(C)[C@@H]5CC[C@]43C)[C@@H]12. The van der Waals surface area contributed by atoms with Crippen molar-refractivity contribution in [2.24, 2.45) is 68.3 Å². The van der Waals surface area contributed by atoms with Crippen LogP contribution in [-0.2, 0) is 14.3 Å². The van der Waals surface area contributed by atoms with Crippen LogP contribution in [0.15, 0.2) is 0 Å². The van der Waals surface area contributed by atoms with Crippen LogP contribution in [0, 0.1) is 62.6 Å². The average Bonchev–Trinajstić information content (AvgIpc) is 3.18. The van der Waals surface area contributed by atoms with Crippen LogP contribution in [0.2, 0.25) is 0 Å². The van der Waals surface area contributed by atoms with Crippen molar-refractivity contribution in [3.05, 3.63) is 0 Å². The van der Waals surface area contributed by atoms with Crippen LogP contribution in [-0.4, -0.2) is 28.7 Å². The minimum atomic E-state index is -0.868. The van der Waals surface area contributed by atoms with E-state index in [1.807, 2.05) is 13.8 Å². The molecule has 5 aliphatic rings. The molecule has 5 saturated carbocycles. The third-order valence-corrected chi connectivity index (χ3v) is 14.9. The zero-order valence-corrected chi connectivity index (χ0v) is 27.8. The summed E-state index contributed by atoms with van der Waals surface area (Å²) in [5.74, 6) is 2.96. The maximum absolute atomic E-state index is 13.1. The quantitative estimate of drug-likeness (QED) is 0.313. The summed E-state index contributed by atoms with van der Waals surface area (Å²) in [5, 5.41) is 9.27. The Labute approximate surface area is 250 Å². The summed E-state index contributed by atoms with van der Waals surface area (Å²) in [6, 6.07) is 0. The molecule has 0 unspecified atom stereocenters. The second kappa shape index (κ2) is 9.96. The van der Waals surface area contributed by atoms with Crippen molar-refractivity contribution >= 4 is 11.9 Å². The number of rotatable bonds is 6. The highest BCUT2D eigenvalue weighted by Gasteiger charge is 2.70. The Morgan fingerprint density at radius 2 is 1.54 bits per heavy atom. The Morgan fingerprint density at radius 1 is 0.854 bits per heavy atom. The highest BCUT2D eigenvalue weighted by Crippen LogP contribution is 2.76. The molecule has 0 aromatic rings. The molecule has 5 nitrogen and oxygen atoms in total. The summed E-state index contributed by atoms with van der Waals surface area (Å²) < 4.78 is 6.23. The van der Waals surface area contributed by atoms with Crippen LogP contribution in [0.5, 0.6) is 0 Å². The van der Waals surface area contributed by atoms with Gasteiger partial charge in [0.2, 0.25) is 0 Å². The Morgan fingerprint density at radius 3 is 2.17 bits per heavy atom. The molecule has 0 spiro atoms. The van der Waals surface area contributed by atoms with E-state index >= 15 is 0 Å². The highest BCUT2D eigenvalue weighted by atomic mass is 16.5. The third-order valence-electron chi connectivity index (χ3n) is 14.9. The van der Waals surface area contributed by atoms with Gasteiger partial charge in [0, 0.05) is 11.0 Å². The summed E-state index contributed by atoms with van der Waals surface area (Å²) in [7, 11) is 0. The number of carboxylic acid groups (broad SMARTS) is 1. The van der Waals surface area contributed by atoms with E-state index in [1.54, 1.807) is 0 Å². The van der Waals surface area contributed by atoms with Crippen molar-refractivity contribution in [2.75, 3.05) is 0 Å². The first-order valence-electron chi connectivity index (χ1n) is 17.0. The molecule has 5 fully saturated rings. The monoisotopic (exact) mass is 571 g/mol. The number of carboxylic acids is 1. The van der Waals surface area contributed by atoms with Gasteiger partial charge in [0.25, 0.3) is 0 Å². The predicted octanol–water partition coefficient (Wildman–Crippen LogP) is 8.24. The molecule has 10 atom stereocenters. The van der Waals surface area contributed by atoms with E-state index in [1.165, 1.54) is 51.4 Å². The van der Waals surface area contributed by atoms with Gasteiger partial charge >= 0.3 is 11.9 Å². The lowest BCUT2D eigenvalue weighted by molar-refractivity contribution is -0.246. The minimum Gasteiger partial charge on any atom is -0.481 e. The van der Waals surface area contributed by atoms with Crippen molar-refractivity contribution in [3.63, 3.8) is 0 Å². The molecule has 0 aromatic heterocycles. The fourth-order valence-corrected chi connectivity index (χ4v) is 12.7. The lowest BCUT2D eigenvalue weighted by Gasteiger charge is -2.73. The number of carbonyl (C=O) groups is 2. The molecule has 41 heavy (non-hydrogen) atoms. The summed E-state index contributed by atoms with van der Waals surface area (Å²) in [6.45, 7) is 21.2. The molecular weight excluding hydrogens is 510 g/mol. The van der Waals surface area contributed by atoms with Crippen molar-refractivity contribution in [3.8, 4) is 0 Å². The van der Waals surface area contributed by atoms with Gasteiger partial charge in [-0.3, -0.25) is 9.59 Å². The van der Waals surface area contributed by atoms with Gasteiger partial charge in [-0.05, 0) is 121 Å². The van der Waals surface area contributed by atoms with E-state index in [9.17, 15) is 14.7 Å². The molecule has 0 radical (unpaired) electrons. The Bertz CT molecular complexity index is 1050. The van der Waals surface area contributed by atoms with Crippen LogP contribution in [0.25, 0.3) is 0 Å². The van der Waals surface area contributed by atoms with Crippen LogP contribution < -0.4 is 5.73 Å².